The summed E-state index contributed by atoms with van der Waals surface area (Å²) in [6.45, 7) is 0. The molecule has 0 saturated heterocycles. The second kappa shape index (κ2) is 9.06. The monoisotopic (exact) mass is 486 g/mol. The van der Waals surface area contributed by atoms with Crippen molar-refractivity contribution >= 4 is 21.5 Å². The fraction of sp³-hybridized carbons (Fsp3) is 0. The van der Waals surface area contributed by atoms with Gasteiger partial charge >= 0.3 is 0 Å². The maximum atomic E-state index is 10.1. The third-order valence-corrected chi connectivity index (χ3v) is 5.53. The van der Waals surface area contributed by atoms with Crippen molar-refractivity contribution in [3.05, 3.63) is 70.8 Å². The van der Waals surface area contributed by atoms with Crippen LogP contribution in [0, 0.1) is 68.0 Å². The smallest absolute Gasteiger partial charge is 0.199 e. The van der Waals surface area contributed by atoms with Crippen LogP contribution in [0.2, 0.25) is 0 Å². The Morgan fingerprint density at radius 2 is 0.737 bits per heavy atom. The third kappa shape index (κ3) is 3.68. The van der Waals surface area contributed by atoms with Crippen molar-refractivity contribution in [3.8, 4) is 59.2 Å². The lowest BCUT2D eigenvalue weighted by atomic mass is 9.90. The predicted molar refractivity (Wildman–Crippen MR) is 127 cm³/mol. The summed E-state index contributed by atoms with van der Waals surface area (Å²) in [5, 5.41) is 58.8. The molecule has 5 aromatic rings. The van der Waals surface area contributed by atoms with E-state index in [0.29, 0.717) is 32.7 Å². The van der Waals surface area contributed by atoms with Gasteiger partial charge < -0.3 is 0 Å². The van der Waals surface area contributed by atoms with E-state index in [9.17, 15) is 31.6 Å². The minimum Gasteiger partial charge on any atom is -0.199 e. The SMILES string of the molecule is N#Cc1nc(C#N)nc(-c2ccc3c(C#N)c4cc(-c5nc(C#N)nc(C#N)n5)ccc4c(C#N)c3c2)n1. The summed E-state index contributed by atoms with van der Waals surface area (Å²) >= 11 is 0. The van der Waals surface area contributed by atoms with Gasteiger partial charge in [-0.2, -0.15) is 61.5 Å². The fourth-order valence-corrected chi connectivity index (χ4v) is 3.96. The standard InChI is InChI=1S/C26H6N12/c27-7-19-15-3-1-13(25-35-21(9-29)33-22(10-30)36-25)5-17(15)20(8-28)16-4-2-14(6-18(16)19)26-37-23(11-31)34-24(12-32)38-26/h1-6H. The molecule has 170 valence electrons. The molecule has 38 heavy (non-hydrogen) atoms. The van der Waals surface area contributed by atoms with Gasteiger partial charge in [0.2, 0.25) is 23.3 Å². The van der Waals surface area contributed by atoms with Gasteiger partial charge in [0.05, 0.1) is 11.1 Å². The number of benzene rings is 3. The van der Waals surface area contributed by atoms with E-state index in [0.717, 1.165) is 0 Å². The van der Waals surface area contributed by atoms with E-state index < -0.39 is 0 Å². The van der Waals surface area contributed by atoms with Gasteiger partial charge in [0.15, 0.2) is 11.6 Å². The second-order valence-electron chi connectivity index (χ2n) is 7.55. The van der Waals surface area contributed by atoms with Gasteiger partial charge in [0.25, 0.3) is 0 Å². The first-order chi connectivity index (χ1) is 18.5. The molecule has 0 unspecified atom stereocenters. The van der Waals surface area contributed by atoms with Crippen molar-refractivity contribution in [1.82, 2.24) is 29.9 Å². The number of hydrogen-bond acceptors (Lipinski definition) is 12. The summed E-state index contributed by atoms with van der Waals surface area (Å²) in [6, 6.07) is 21.2. The number of nitrogens with zero attached hydrogens (tertiary/aromatic N) is 12. The van der Waals surface area contributed by atoms with Crippen LogP contribution in [0.5, 0.6) is 0 Å². The highest BCUT2D eigenvalue weighted by molar-refractivity contribution is 6.10. The summed E-state index contributed by atoms with van der Waals surface area (Å²) in [6.07, 6.45) is 0. The second-order valence-corrected chi connectivity index (χ2v) is 7.55. The highest BCUT2D eigenvalue weighted by Gasteiger charge is 2.18. The Hall–Kier alpha value is -6.86. The van der Waals surface area contributed by atoms with Gasteiger partial charge in [-0.05, 0) is 12.1 Å². The van der Waals surface area contributed by atoms with Crippen molar-refractivity contribution in [3.63, 3.8) is 0 Å². The molecule has 0 aliphatic rings. The normalized spacial score (nSPS) is 9.95. The summed E-state index contributed by atoms with van der Waals surface area (Å²) in [5.74, 6) is -0.767. The maximum Gasteiger partial charge on any atom is 0.236 e. The number of aromatic nitrogens is 6. The van der Waals surface area contributed by atoms with Gasteiger partial charge in [0.1, 0.15) is 36.4 Å². The molecule has 5 rings (SSSR count). The molecular formula is C26H6N12. The molecule has 0 aliphatic carbocycles. The number of hydrogen-bond donors (Lipinski definition) is 0. The van der Waals surface area contributed by atoms with Crippen LogP contribution in [0.25, 0.3) is 44.3 Å². The van der Waals surface area contributed by atoms with Crippen molar-refractivity contribution in [1.29, 1.82) is 31.6 Å². The molecule has 0 N–H and O–H groups in total. The summed E-state index contributed by atoms with van der Waals surface area (Å²) in [4.78, 5) is 23.7. The van der Waals surface area contributed by atoms with Gasteiger partial charge in [0, 0.05) is 32.7 Å². The van der Waals surface area contributed by atoms with Gasteiger partial charge in [-0.15, -0.1) is 0 Å². The highest BCUT2D eigenvalue weighted by atomic mass is 15.0. The average Bonchev–Trinajstić information content (AvgIpc) is 2.98. The van der Waals surface area contributed by atoms with Crippen LogP contribution in [0.1, 0.15) is 34.4 Å². The Morgan fingerprint density at radius 3 is 1.03 bits per heavy atom. The van der Waals surface area contributed by atoms with Crippen LogP contribution >= 0.6 is 0 Å². The largest absolute Gasteiger partial charge is 0.236 e. The number of fused-ring (bicyclic) bond motifs is 2. The lowest BCUT2D eigenvalue weighted by Gasteiger charge is -2.12. The lowest BCUT2D eigenvalue weighted by Crippen LogP contribution is -2.01. The van der Waals surface area contributed by atoms with E-state index in [-0.39, 0.29) is 46.1 Å². The quantitative estimate of drug-likeness (QED) is 0.328. The highest BCUT2D eigenvalue weighted by Crippen LogP contribution is 2.36. The molecule has 0 amide bonds. The Labute approximate surface area is 213 Å². The van der Waals surface area contributed by atoms with E-state index in [2.05, 4.69) is 42.0 Å². The zero-order valence-corrected chi connectivity index (χ0v) is 18.8. The molecule has 12 heteroatoms. The van der Waals surface area contributed by atoms with Crippen molar-refractivity contribution in [2.75, 3.05) is 0 Å². The van der Waals surface area contributed by atoms with Crippen LogP contribution < -0.4 is 0 Å². The number of rotatable bonds is 2. The first-order valence-electron chi connectivity index (χ1n) is 10.5. The predicted octanol–water partition coefficient (Wildman–Crippen LogP) is 2.93. The van der Waals surface area contributed by atoms with Crippen LogP contribution in [0.4, 0.5) is 0 Å². The van der Waals surface area contributed by atoms with Crippen LogP contribution in [-0.2, 0) is 0 Å². The first kappa shape index (κ1) is 22.9. The first-order valence-corrected chi connectivity index (χ1v) is 10.5. The molecule has 0 fully saturated rings. The molecule has 0 aliphatic heterocycles. The molecule has 2 aromatic heterocycles. The van der Waals surface area contributed by atoms with E-state index in [1.807, 2.05) is 0 Å². The Balaban J connectivity index is 1.79. The molecule has 0 spiro atoms. The Morgan fingerprint density at radius 1 is 0.395 bits per heavy atom. The fourth-order valence-electron chi connectivity index (χ4n) is 3.96. The molecule has 12 nitrogen and oxygen atoms in total. The van der Waals surface area contributed by atoms with Crippen molar-refractivity contribution in [2.45, 2.75) is 0 Å². The van der Waals surface area contributed by atoms with E-state index in [1.54, 1.807) is 60.7 Å². The van der Waals surface area contributed by atoms with E-state index in [4.69, 9.17) is 0 Å². The maximum absolute atomic E-state index is 10.1. The third-order valence-electron chi connectivity index (χ3n) is 5.53. The van der Waals surface area contributed by atoms with Crippen LogP contribution in [0.15, 0.2) is 36.4 Å². The minimum absolute atomic E-state index is 0.0734. The summed E-state index contributed by atoms with van der Waals surface area (Å²) in [7, 11) is 0. The summed E-state index contributed by atoms with van der Waals surface area (Å²) in [5.41, 5.74) is 1.37. The summed E-state index contributed by atoms with van der Waals surface area (Å²) < 4.78 is 0. The molecular weight excluding hydrogens is 480 g/mol. The van der Waals surface area contributed by atoms with E-state index in [1.165, 1.54) is 0 Å². The molecule has 3 aromatic carbocycles. The molecule has 0 saturated carbocycles. The van der Waals surface area contributed by atoms with Gasteiger partial charge in [-0.1, -0.05) is 24.3 Å². The zero-order chi connectivity index (χ0) is 26.8. The number of nitriles is 6. The molecule has 0 atom stereocenters. The zero-order valence-electron chi connectivity index (χ0n) is 18.8. The minimum atomic E-state index is -0.228. The Bertz CT molecular complexity index is 1890. The molecule has 0 bridgehead atoms. The van der Waals surface area contributed by atoms with Crippen molar-refractivity contribution in [2.24, 2.45) is 0 Å². The Kier molecular flexibility index (Phi) is 5.46. The van der Waals surface area contributed by atoms with E-state index >= 15 is 0 Å². The average molecular weight is 486 g/mol. The van der Waals surface area contributed by atoms with Crippen LogP contribution in [0.3, 0.4) is 0 Å². The molecule has 0 radical (unpaired) electrons. The van der Waals surface area contributed by atoms with Crippen molar-refractivity contribution < 1.29 is 0 Å². The van der Waals surface area contributed by atoms with Gasteiger partial charge in [-0.25, -0.2) is 0 Å². The lowest BCUT2D eigenvalue weighted by molar-refractivity contribution is 0.996. The van der Waals surface area contributed by atoms with Crippen LogP contribution in [-0.4, -0.2) is 29.9 Å². The molecule has 2 heterocycles. The topological polar surface area (TPSA) is 220 Å². The van der Waals surface area contributed by atoms with Gasteiger partial charge in [-0.3, -0.25) is 0 Å².